The lowest BCUT2D eigenvalue weighted by atomic mass is 10.1. The second kappa shape index (κ2) is 8.04. The Hall–Kier alpha value is -3.14. The first-order valence-corrected chi connectivity index (χ1v) is 8.97. The average molecular weight is 361 g/mol. The first kappa shape index (κ1) is 18.6. The van der Waals surface area contributed by atoms with Gasteiger partial charge in [-0.2, -0.15) is 0 Å². The highest BCUT2D eigenvalue weighted by atomic mass is 16.5. The number of carboxylic acid groups (broad SMARTS) is 1. The van der Waals surface area contributed by atoms with Crippen molar-refractivity contribution in [1.82, 2.24) is 4.98 Å². The van der Waals surface area contributed by atoms with Gasteiger partial charge in [-0.1, -0.05) is 48.0 Å². The third-order valence-electron chi connectivity index (χ3n) is 4.46. The summed E-state index contributed by atoms with van der Waals surface area (Å²) in [6, 6.07) is 17.5. The number of aromatic nitrogens is 1. The maximum atomic E-state index is 11.6. The third kappa shape index (κ3) is 4.53. The van der Waals surface area contributed by atoms with Crippen molar-refractivity contribution in [3.8, 4) is 11.6 Å². The number of rotatable bonds is 6. The van der Waals surface area contributed by atoms with Crippen molar-refractivity contribution in [2.45, 2.75) is 33.6 Å². The molecule has 0 aliphatic heterocycles. The molecule has 1 aromatic heterocycles. The highest BCUT2D eigenvalue weighted by Gasteiger charge is 2.17. The van der Waals surface area contributed by atoms with Crippen LogP contribution in [0.4, 0.5) is 0 Å². The zero-order valence-electron chi connectivity index (χ0n) is 15.8. The van der Waals surface area contributed by atoms with Crippen LogP contribution in [0.25, 0.3) is 0 Å². The van der Waals surface area contributed by atoms with Crippen molar-refractivity contribution in [1.29, 1.82) is 0 Å². The van der Waals surface area contributed by atoms with Gasteiger partial charge in [0.25, 0.3) is 0 Å². The lowest BCUT2D eigenvalue weighted by Crippen LogP contribution is -2.06. The Labute approximate surface area is 159 Å². The number of aromatic carboxylic acids is 1. The molecule has 0 fully saturated rings. The van der Waals surface area contributed by atoms with Crippen LogP contribution >= 0.6 is 0 Å². The molecule has 138 valence electrons. The Morgan fingerprint density at radius 1 is 0.963 bits per heavy atom. The topological polar surface area (TPSA) is 59.4 Å². The predicted octanol–water partition coefficient (Wildman–Crippen LogP) is 5.28. The molecule has 0 spiro atoms. The van der Waals surface area contributed by atoms with E-state index in [0.717, 1.165) is 28.8 Å². The molecule has 4 nitrogen and oxygen atoms in total. The minimum absolute atomic E-state index is 0.0674. The molecule has 0 aliphatic rings. The molecule has 0 saturated carbocycles. The molecule has 3 rings (SSSR count). The number of aryl methyl sites for hydroxylation is 5. The van der Waals surface area contributed by atoms with Gasteiger partial charge < -0.3 is 9.84 Å². The molecule has 0 bridgehead atoms. The van der Waals surface area contributed by atoms with Crippen LogP contribution in [-0.4, -0.2) is 16.1 Å². The molecule has 0 amide bonds. The van der Waals surface area contributed by atoms with Gasteiger partial charge in [-0.15, -0.1) is 0 Å². The fourth-order valence-corrected chi connectivity index (χ4v) is 3.20. The largest absolute Gasteiger partial charge is 0.477 e. The Kier molecular flexibility index (Phi) is 5.55. The van der Waals surface area contributed by atoms with Crippen LogP contribution in [0.1, 0.15) is 38.3 Å². The Morgan fingerprint density at radius 2 is 1.63 bits per heavy atom. The number of carboxylic acids is 1. The molecular formula is C23H23NO3. The van der Waals surface area contributed by atoms with Crippen molar-refractivity contribution in [2.75, 3.05) is 0 Å². The van der Waals surface area contributed by atoms with E-state index in [2.05, 4.69) is 17.1 Å². The van der Waals surface area contributed by atoms with Crippen LogP contribution in [0.15, 0.2) is 54.6 Å². The van der Waals surface area contributed by atoms with Gasteiger partial charge >= 0.3 is 5.97 Å². The fraction of sp³-hybridized carbons (Fsp3) is 0.217. The molecule has 0 unspecified atom stereocenters. The summed E-state index contributed by atoms with van der Waals surface area (Å²) < 4.78 is 5.99. The molecule has 0 atom stereocenters. The maximum absolute atomic E-state index is 11.6. The molecule has 1 heterocycles. The fourth-order valence-electron chi connectivity index (χ4n) is 3.20. The summed E-state index contributed by atoms with van der Waals surface area (Å²) in [6.07, 6.45) is 1.55. The number of nitrogens with zero attached hydrogens (tertiary/aromatic N) is 1. The van der Waals surface area contributed by atoms with E-state index >= 15 is 0 Å². The first-order valence-electron chi connectivity index (χ1n) is 8.97. The second-order valence-corrected chi connectivity index (χ2v) is 6.78. The normalized spacial score (nSPS) is 10.6. The van der Waals surface area contributed by atoms with E-state index in [1.54, 1.807) is 12.1 Å². The lowest BCUT2D eigenvalue weighted by molar-refractivity contribution is 0.0693. The van der Waals surface area contributed by atoms with E-state index < -0.39 is 5.97 Å². The monoisotopic (exact) mass is 361 g/mol. The summed E-state index contributed by atoms with van der Waals surface area (Å²) in [5, 5.41) is 9.51. The number of carbonyl (C=O) groups is 1. The molecule has 27 heavy (non-hydrogen) atoms. The molecule has 3 aromatic rings. The predicted molar refractivity (Wildman–Crippen MR) is 106 cm³/mol. The van der Waals surface area contributed by atoms with E-state index in [9.17, 15) is 9.90 Å². The van der Waals surface area contributed by atoms with Crippen molar-refractivity contribution >= 4 is 5.97 Å². The summed E-state index contributed by atoms with van der Waals surface area (Å²) in [7, 11) is 0. The minimum Gasteiger partial charge on any atom is -0.477 e. The molecule has 0 aliphatic carbocycles. The van der Waals surface area contributed by atoms with Crippen LogP contribution in [0.2, 0.25) is 0 Å². The maximum Gasteiger partial charge on any atom is 0.341 e. The first-order chi connectivity index (χ1) is 12.9. The highest BCUT2D eigenvalue weighted by molar-refractivity contribution is 5.90. The van der Waals surface area contributed by atoms with Gasteiger partial charge in [-0.05, 0) is 62.4 Å². The highest BCUT2D eigenvalue weighted by Crippen LogP contribution is 2.31. The molecular weight excluding hydrogens is 338 g/mol. The molecule has 0 radical (unpaired) electrons. The van der Waals surface area contributed by atoms with Gasteiger partial charge in [0.15, 0.2) is 0 Å². The Balaban J connectivity index is 1.89. The van der Waals surface area contributed by atoms with Crippen LogP contribution in [0, 0.1) is 20.8 Å². The Bertz CT molecular complexity index is 942. The number of hydrogen-bond acceptors (Lipinski definition) is 3. The van der Waals surface area contributed by atoms with Crippen molar-refractivity contribution in [3.05, 3.63) is 88.1 Å². The number of pyridine rings is 1. The van der Waals surface area contributed by atoms with Gasteiger partial charge in [-0.3, -0.25) is 0 Å². The van der Waals surface area contributed by atoms with Crippen molar-refractivity contribution < 1.29 is 14.6 Å². The summed E-state index contributed by atoms with van der Waals surface area (Å²) in [4.78, 5) is 16.1. The van der Waals surface area contributed by atoms with E-state index in [1.807, 2.05) is 51.1 Å². The van der Waals surface area contributed by atoms with Crippen LogP contribution in [0.5, 0.6) is 11.6 Å². The van der Waals surface area contributed by atoms with Gasteiger partial charge in [0.1, 0.15) is 11.3 Å². The summed E-state index contributed by atoms with van der Waals surface area (Å²) in [5.41, 5.74) is 5.15. The third-order valence-corrected chi connectivity index (χ3v) is 4.46. The average Bonchev–Trinajstić information content (AvgIpc) is 2.63. The van der Waals surface area contributed by atoms with E-state index in [4.69, 9.17) is 4.74 Å². The van der Waals surface area contributed by atoms with Gasteiger partial charge in [0.05, 0.1) is 0 Å². The summed E-state index contributed by atoms with van der Waals surface area (Å²) in [5.74, 6) is -0.242. The quantitative estimate of drug-likeness (QED) is 0.649. The van der Waals surface area contributed by atoms with Crippen LogP contribution in [0.3, 0.4) is 0 Å². The molecule has 2 aromatic carbocycles. The van der Waals surface area contributed by atoms with E-state index in [0.29, 0.717) is 12.2 Å². The number of benzene rings is 2. The summed E-state index contributed by atoms with van der Waals surface area (Å²) in [6.45, 7) is 5.93. The van der Waals surface area contributed by atoms with Gasteiger partial charge in [0, 0.05) is 5.69 Å². The standard InChI is InChI=1S/C23H23NO3/c1-15-13-16(2)21(17(3)14-15)27-22-20(23(25)26)12-11-19(24-22)10-9-18-7-5-4-6-8-18/h4-8,11-14H,9-10H2,1-3H3,(H,25,26). The second-order valence-electron chi connectivity index (χ2n) is 6.78. The zero-order valence-corrected chi connectivity index (χ0v) is 15.8. The smallest absolute Gasteiger partial charge is 0.341 e. The molecule has 0 saturated heterocycles. The minimum atomic E-state index is -1.05. The van der Waals surface area contributed by atoms with Crippen LogP contribution in [-0.2, 0) is 12.8 Å². The lowest BCUT2D eigenvalue weighted by Gasteiger charge is -2.14. The molecule has 1 N–H and O–H groups in total. The van der Waals surface area contributed by atoms with Crippen molar-refractivity contribution in [3.63, 3.8) is 0 Å². The van der Waals surface area contributed by atoms with Gasteiger partial charge in [-0.25, -0.2) is 9.78 Å². The number of ether oxygens (including phenoxy) is 1. The van der Waals surface area contributed by atoms with Crippen LogP contribution < -0.4 is 4.74 Å². The molecule has 4 heteroatoms. The SMILES string of the molecule is Cc1cc(C)c(Oc2nc(CCc3ccccc3)ccc2C(=O)O)c(C)c1. The summed E-state index contributed by atoms with van der Waals surface area (Å²) >= 11 is 0. The van der Waals surface area contributed by atoms with E-state index in [1.165, 1.54) is 5.56 Å². The van der Waals surface area contributed by atoms with E-state index in [-0.39, 0.29) is 11.4 Å². The van der Waals surface area contributed by atoms with Crippen molar-refractivity contribution in [2.24, 2.45) is 0 Å². The number of hydrogen-bond donors (Lipinski definition) is 1. The zero-order chi connectivity index (χ0) is 19.4. The Morgan fingerprint density at radius 3 is 2.26 bits per heavy atom. The van der Waals surface area contributed by atoms with Gasteiger partial charge in [0.2, 0.25) is 5.88 Å².